The number of Topliss-reactive ketones (excluding diaryl/α,β-unsaturated/α-hetero) is 1. The van der Waals surface area contributed by atoms with E-state index in [1.54, 1.807) is 6.26 Å². The van der Waals surface area contributed by atoms with E-state index in [0.29, 0.717) is 6.42 Å². The molecule has 0 aliphatic rings. The Bertz CT molecular complexity index is 414. The zero-order valence-electron chi connectivity index (χ0n) is 11.2. The zero-order chi connectivity index (χ0) is 13.5. The first-order valence-electron chi connectivity index (χ1n) is 6.24. The van der Waals surface area contributed by atoms with Crippen molar-refractivity contribution >= 4 is 22.3 Å². The molecule has 1 aromatic rings. The number of benzene rings is 1. The van der Waals surface area contributed by atoms with Crippen LogP contribution in [0.25, 0.3) is 0 Å². The van der Waals surface area contributed by atoms with Gasteiger partial charge in [-0.2, -0.15) is 0 Å². The number of carbonyl (C=O) groups is 1. The second-order valence-electron chi connectivity index (χ2n) is 4.38. The summed E-state index contributed by atoms with van der Waals surface area (Å²) < 4.78 is 11.2. The fraction of sp³-hybridized carbons (Fsp3) is 0.500. The number of rotatable bonds is 7. The van der Waals surface area contributed by atoms with Crippen LogP contribution >= 0.6 is 0 Å². The molecule has 0 fully saturated rings. The van der Waals surface area contributed by atoms with Crippen LogP contribution in [0.4, 0.5) is 5.69 Å². The summed E-state index contributed by atoms with van der Waals surface area (Å²) in [6, 6.07) is 7.51. The van der Waals surface area contributed by atoms with Gasteiger partial charge < -0.3 is 5.32 Å². The Morgan fingerprint density at radius 1 is 1.33 bits per heavy atom. The van der Waals surface area contributed by atoms with Crippen molar-refractivity contribution in [3.05, 3.63) is 29.8 Å². The van der Waals surface area contributed by atoms with E-state index in [-0.39, 0.29) is 11.0 Å². The van der Waals surface area contributed by atoms with E-state index in [4.69, 9.17) is 0 Å². The van der Waals surface area contributed by atoms with Gasteiger partial charge in [0.25, 0.3) is 0 Å². The van der Waals surface area contributed by atoms with Crippen molar-refractivity contribution in [3.8, 4) is 0 Å². The van der Waals surface area contributed by atoms with Gasteiger partial charge in [0.05, 0.1) is 0 Å². The van der Waals surface area contributed by atoms with E-state index in [1.165, 1.54) is 0 Å². The third-order valence-electron chi connectivity index (χ3n) is 2.97. The number of anilines is 1. The lowest BCUT2D eigenvalue weighted by Crippen LogP contribution is -2.14. The largest absolute Gasteiger partial charge is 0.385 e. The first-order valence-corrected chi connectivity index (χ1v) is 7.86. The lowest BCUT2D eigenvalue weighted by atomic mass is 10.1. The Morgan fingerprint density at radius 3 is 2.44 bits per heavy atom. The summed E-state index contributed by atoms with van der Waals surface area (Å²) in [6.45, 7) is 4.64. The van der Waals surface area contributed by atoms with Crippen molar-refractivity contribution in [2.45, 2.75) is 31.9 Å². The van der Waals surface area contributed by atoms with Crippen LogP contribution in [-0.2, 0) is 10.8 Å². The predicted molar refractivity (Wildman–Crippen MR) is 77.7 cm³/mol. The van der Waals surface area contributed by atoms with Gasteiger partial charge in [-0.15, -0.1) is 0 Å². The molecule has 0 aliphatic carbocycles. The maximum absolute atomic E-state index is 11.4. The fourth-order valence-corrected chi connectivity index (χ4v) is 2.01. The molecule has 1 aromatic carbocycles. The van der Waals surface area contributed by atoms with Crippen molar-refractivity contribution in [3.63, 3.8) is 0 Å². The first kappa shape index (κ1) is 14.9. The average molecular weight is 267 g/mol. The van der Waals surface area contributed by atoms with Crippen molar-refractivity contribution < 1.29 is 9.00 Å². The van der Waals surface area contributed by atoms with Crippen LogP contribution in [0.2, 0.25) is 0 Å². The van der Waals surface area contributed by atoms with Gasteiger partial charge in [0.2, 0.25) is 0 Å². The summed E-state index contributed by atoms with van der Waals surface area (Å²) >= 11 is 0. The highest BCUT2D eigenvalue weighted by Crippen LogP contribution is 2.11. The normalized spacial score (nSPS) is 13.9. The third-order valence-corrected chi connectivity index (χ3v) is 4.34. The van der Waals surface area contributed by atoms with E-state index >= 15 is 0 Å². The van der Waals surface area contributed by atoms with Crippen molar-refractivity contribution in [2.24, 2.45) is 0 Å². The fourth-order valence-electron chi connectivity index (χ4n) is 1.56. The van der Waals surface area contributed by atoms with Crippen LogP contribution in [0.15, 0.2) is 24.3 Å². The van der Waals surface area contributed by atoms with Gasteiger partial charge in [-0.3, -0.25) is 9.00 Å². The van der Waals surface area contributed by atoms with E-state index in [1.807, 2.05) is 38.1 Å². The first-order chi connectivity index (χ1) is 8.54. The van der Waals surface area contributed by atoms with Crippen molar-refractivity contribution in [1.29, 1.82) is 0 Å². The van der Waals surface area contributed by atoms with Gasteiger partial charge >= 0.3 is 0 Å². The maximum atomic E-state index is 11.4. The van der Waals surface area contributed by atoms with Gasteiger partial charge in [0.1, 0.15) is 0 Å². The van der Waals surface area contributed by atoms with Crippen LogP contribution in [0, 0.1) is 0 Å². The van der Waals surface area contributed by atoms with Crippen LogP contribution in [0.5, 0.6) is 0 Å². The number of hydrogen-bond acceptors (Lipinski definition) is 3. The van der Waals surface area contributed by atoms with Gasteiger partial charge in [-0.25, -0.2) is 0 Å². The Labute approximate surface area is 111 Å². The number of nitrogens with one attached hydrogen (secondary N) is 1. The summed E-state index contributed by atoms with van der Waals surface area (Å²) in [5.74, 6) is 0.163. The minimum Gasteiger partial charge on any atom is -0.385 e. The molecule has 0 radical (unpaired) electrons. The summed E-state index contributed by atoms with van der Waals surface area (Å²) in [7, 11) is -0.764. The summed E-state index contributed by atoms with van der Waals surface area (Å²) in [5.41, 5.74) is 1.75. The highest BCUT2D eigenvalue weighted by molar-refractivity contribution is 7.84. The van der Waals surface area contributed by atoms with E-state index in [9.17, 15) is 9.00 Å². The molecule has 0 bridgehead atoms. The molecule has 18 heavy (non-hydrogen) atoms. The van der Waals surface area contributed by atoms with Crippen LogP contribution in [0.3, 0.4) is 0 Å². The van der Waals surface area contributed by atoms with Crippen molar-refractivity contribution in [2.75, 3.05) is 18.1 Å². The Kier molecular flexibility index (Phi) is 6.05. The van der Waals surface area contributed by atoms with Gasteiger partial charge in [-0.1, -0.05) is 13.8 Å². The van der Waals surface area contributed by atoms with E-state index < -0.39 is 10.8 Å². The number of hydrogen-bond donors (Lipinski definition) is 1. The molecule has 1 rings (SSSR count). The van der Waals surface area contributed by atoms with E-state index in [2.05, 4.69) is 5.32 Å². The van der Waals surface area contributed by atoms with Gasteiger partial charge in [-0.05, 0) is 30.7 Å². The second-order valence-corrected chi connectivity index (χ2v) is 6.18. The maximum Gasteiger partial charge on any atom is 0.162 e. The topological polar surface area (TPSA) is 46.2 Å². The summed E-state index contributed by atoms with van der Waals surface area (Å²) in [6.07, 6.45) is 3.14. The summed E-state index contributed by atoms with van der Waals surface area (Å²) in [4.78, 5) is 11.4. The highest BCUT2D eigenvalue weighted by Gasteiger charge is 2.05. The Morgan fingerprint density at radius 2 is 1.94 bits per heavy atom. The molecule has 2 unspecified atom stereocenters. The average Bonchev–Trinajstić information content (AvgIpc) is 2.38. The van der Waals surface area contributed by atoms with Gasteiger partial charge in [0.15, 0.2) is 5.78 Å². The lowest BCUT2D eigenvalue weighted by Gasteiger charge is -2.10. The molecule has 0 spiro atoms. The predicted octanol–water partition coefficient (Wildman–Crippen LogP) is 2.85. The van der Waals surface area contributed by atoms with Gasteiger partial charge in [0, 0.05) is 46.5 Å². The summed E-state index contributed by atoms with van der Waals surface area (Å²) in [5, 5.41) is 3.48. The molecular weight excluding hydrogens is 246 g/mol. The quantitative estimate of drug-likeness (QED) is 0.773. The Balaban J connectivity index is 2.44. The molecule has 0 aliphatic heterocycles. The third kappa shape index (κ3) is 4.61. The molecule has 0 heterocycles. The second kappa shape index (κ2) is 7.31. The van der Waals surface area contributed by atoms with E-state index in [0.717, 1.165) is 24.2 Å². The molecule has 1 N–H and O–H groups in total. The minimum atomic E-state index is -0.764. The Hall–Kier alpha value is -1.16. The van der Waals surface area contributed by atoms with Crippen LogP contribution in [0.1, 0.15) is 37.0 Å². The van der Waals surface area contributed by atoms with Crippen LogP contribution in [-0.4, -0.2) is 28.0 Å². The van der Waals surface area contributed by atoms with Crippen molar-refractivity contribution in [1.82, 2.24) is 0 Å². The lowest BCUT2D eigenvalue weighted by molar-refractivity contribution is 0.0988. The molecule has 0 amide bonds. The highest BCUT2D eigenvalue weighted by atomic mass is 32.2. The monoisotopic (exact) mass is 267 g/mol. The standard InChI is InChI=1S/C14H21NO2S/c1-4-14(16)12-5-7-13(8-6-12)15-10-9-11(2)18(3)17/h5-8,11,15H,4,9-10H2,1-3H3. The molecule has 2 atom stereocenters. The smallest absolute Gasteiger partial charge is 0.162 e. The molecule has 0 saturated carbocycles. The SMILES string of the molecule is CCC(=O)c1ccc(NCCC(C)S(C)=O)cc1. The van der Waals surface area contributed by atoms with Crippen LogP contribution < -0.4 is 5.32 Å². The molecule has 4 heteroatoms. The minimum absolute atomic E-state index is 0.163. The molecule has 0 aromatic heterocycles. The number of ketones is 1. The zero-order valence-corrected chi connectivity index (χ0v) is 12.0. The molecule has 3 nitrogen and oxygen atoms in total. The molecule has 0 saturated heterocycles. The molecular formula is C14H21NO2S. The molecule has 100 valence electrons. The number of carbonyl (C=O) groups excluding carboxylic acids is 1.